The van der Waals surface area contributed by atoms with E-state index in [0.717, 1.165) is 5.56 Å². The predicted molar refractivity (Wildman–Crippen MR) is 99.2 cm³/mol. The Morgan fingerprint density at radius 2 is 1.77 bits per heavy atom. The minimum Gasteiger partial charge on any atom is -0.493 e. The molecule has 2 N–H and O–H groups in total. The zero-order chi connectivity index (χ0) is 18.9. The number of carbonyl (C=O) groups is 2. The van der Waals surface area contributed by atoms with E-state index in [4.69, 9.17) is 9.47 Å². The summed E-state index contributed by atoms with van der Waals surface area (Å²) in [5, 5.41) is 0. The molecule has 138 valence electrons. The molecule has 6 nitrogen and oxygen atoms in total. The lowest BCUT2D eigenvalue weighted by molar-refractivity contribution is -0.122. The summed E-state index contributed by atoms with van der Waals surface area (Å²) in [6.45, 7) is 4.33. The van der Waals surface area contributed by atoms with E-state index < -0.39 is 5.91 Å². The number of ether oxygens (including phenoxy) is 2. The summed E-state index contributed by atoms with van der Waals surface area (Å²) in [7, 11) is 1.51. The standard InChI is InChI=1S/C20H24N2O4/c1-4-26-17-11-10-16(13-18(17)25-3)20(24)22-21-19(23)12-14(2)15-8-6-5-7-9-15/h5-11,13-14H,4,12H2,1-3H3,(H,21,23)(H,22,24)/t14-/m1/s1. The maximum Gasteiger partial charge on any atom is 0.269 e. The van der Waals surface area contributed by atoms with Gasteiger partial charge >= 0.3 is 0 Å². The Morgan fingerprint density at radius 3 is 2.42 bits per heavy atom. The zero-order valence-electron chi connectivity index (χ0n) is 15.2. The Kier molecular flexibility index (Phi) is 7.02. The summed E-state index contributed by atoms with van der Waals surface area (Å²) in [4.78, 5) is 24.3. The lowest BCUT2D eigenvalue weighted by Crippen LogP contribution is -2.42. The molecule has 2 aromatic rings. The number of hydrogen-bond acceptors (Lipinski definition) is 4. The highest BCUT2D eigenvalue weighted by atomic mass is 16.5. The first-order chi connectivity index (χ1) is 12.5. The van der Waals surface area contributed by atoms with Crippen molar-refractivity contribution in [2.45, 2.75) is 26.2 Å². The smallest absolute Gasteiger partial charge is 0.269 e. The normalized spacial score (nSPS) is 11.3. The quantitative estimate of drug-likeness (QED) is 0.748. The molecule has 0 unspecified atom stereocenters. The molecule has 6 heteroatoms. The van der Waals surface area contributed by atoms with Gasteiger partial charge in [-0.15, -0.1) is 0 Å². The van der Waals surface area contributed by atoms with E-state index in [1.807, 2.05) is 44.2 Å². The molecular formula is C20H24N2O4. The molecule has 0 bridgehead atoms. The lowest BCUT2D eigenvalue weighted by atomic mass is 9.98. The van der Waals surface area contributed by atoms with Crippen LogP contribution < -0.4 is 20.3 Å². The van der Waals surface area contributed by atoms with E-state index in [1.54, 1.807) is 18.2 Å². The highest BCUT2D eigenvalue weighted by molar-refractivity contribution is 5.96. The van der Waals surface area contributed by atoms with Gasteiger partial charge in [0.25, 0.3) is 5.91 Å². The lowest BCUT2D eigenvalue weighted by Gasteiger charge is -2.13. The molecule has 0 heterocycles. The van der Waals surface area contributed by atoms with Crippen LogP contribution in [-0.2, 0) is 4.79 Å². The summed E-state index contributed by atoms with van der Waals surface area (Å²) < 4.78 is 10.6. The molecule has 0 aliphatic carbocycles. The van der Waals surface area contributed by atoms with Crippen molar-refractivity contribution in [1.82, 2.24) is 10.9 Å². The van der Waals surface area contributed by atoms with Crippen LogP contribution in [0.2, 0.25) is 0 Å². The van der Waals surface area contributed by atoms with Crippen LogP contribution in [0.25, 0.3) is 0 Å². The molecule has 2 rings (SSSR count). The molecular weight excluding hydrogens is 332 g/mol. The summed E-state index contributed by atoms with van der Waals surface area (Å²) in [6.07, 6.45) is 0.275. The molecule has 0 saturated heterocycles. The molecule has 0 radical (unpaired) electrons. The maximum absolute atomic E-state index is 12.2. The number of hydrazine groups is 1. The van der Waals surface area contributed by atoms with Crippen molar-refractivity contribution < 1.29 is 19.1 Å². The van der Waals surface area contributed by atoms with Gasteiger partial charge in [0.15, 0.2) is 11.5 Å². The zero-order valence-corrected chi connectivity index (χ0v) is 15.2. The molecule has 0 spiro atoms. The van der Waals surface area contributed by atoms with E-state index in [0.29, 0.717) is 23.7 Å². The van der Waals surface area contributed by atoms with Gasteiger partial charge in [-0.1, -0.05) is 37.3 Å². The van der Waals surface area contributed by atoms with Gasteiger partial charge in [-0.25, -0.2) is 0 Å². The minimum absolute atomic E-state index is 0.0543. The Labute approximate surface area is 153 Å². The number of nitrogens with one attached hydrogen (secondary N) is 2. The third kappa shape index (κ3) is 5.24. The number of amides is 2. The predicted octanol–water partition coefficient (Wildman–Crippen LogP) is 3.05. The fraction of sp³-hybridized carbons (Fsp3) is 0.300. The second-order valence-corrected chi connectivity index (χ2v) is 5.82. The van der Waals surface area contributed by atoms with Crippen molar-refractivity contribution in [3.63, 3.8) is 0 Å². The van der Waals surface area contributed by atoms with Crippen LogP contribution >= 0.6 is 0 Å². The average molecular weight is 356 g/mol. The first kappa shape index (κ1) is 19.3. The van der Waals surface area contributed by atoms with E-state index in [9.17, 15) is 9.59 Å². The van der Waals surface area contributed by atoms with E-state index in [2.05, 4.69) is 10.9 Å². The SMILES string of the molecule is CCOc1ccc(C(=O)NNC(=O)C[C@@H](C)c2ccccc2)cc1OC. The van der Waals surface area contributed by atoms with Crippen molar-refractivity contribution in [1.29, 1.82) is 0 Å². The maximum atomic E-state index is 12.2. The summed E-state index contributed by atoms with van der Waals surface area (Å²) >= 11 is 0. The van der Waals surface area contributed by atoms with Crippen molar-refractivity contribution in [3.8, 4) is 11.5 Å². The van der Waals surface area contributed by atoms with Crippen LogP contribution in [0.1, 0.15) is 42.1 Å². The topological polar surface area (TPSA) is 76.7 Å². The highest BCUT2D eigenvalue weighted by Crippen LogP contribution is 2.27. The van der Waals surface area contributed by atoms with Gasteiger partial charge in [-0.2, -0.15) is 0 Å². The fourth-order valence-corrected chi connectivity index (χ4v) is 2.51. The average Bonchev–Trinajstić information content (AvgIpc) is 2.67. The molecule has 26 heavy (non-hydrogen) atoms. The molecule has 2 amide bonds. The monoisotopic (exact) mass is 356 g/mol. The molecule has 0 saturated carbocycles. The van der Waals surface area contributed by atoms with Gasteiger partial charge in [-0.3, -0.25) is 20.4 Å². The van der Waals surface area contributed by atoms with Crippen LogP contribution in [0.5, 0.6) is 11.5 Å². The van der Waals surface area contributed by atoms with Gasteiger partial charge in [0, 0.05) is 12.0 Å². The van der Waals surface area contributed by atoms with Crippen molar-refractivity contribution in [2.75, 3.05) is 13.7 Å². The summed E-state index contributed by atoms with van der Waals surface area (Å²) in [6, 6.07) is 14.6. The van der Waals surface area contributed by atoms with Gasteiger partial charge in [-0.05, 0) is 36.6 Å². The minimum atomic E-state index is -0.424. The Balaban J connectivity index is 1.90. The molecule has 0 aromatic heterocycles. The van der Waals surface area contributed by atoms with Crippen LogP contribution in [0.15, 0.2) is 48.5 Å². The molecule has 0 aliphatic rings. The number of carbonyl (C=O) groups excluding carboxylic acids is 2. The van der Waals surface area contributed by atoms with Gasteiger partial charge in [0.1, 0.15) is 0 Å². The van der Waals surface area contributed by atoms with Crippen molar-refractivity contribution in [2.24, 2.45) is 0 Å². The van der Waals surface area contributed by atoms with Gasteiger partial charge < -0.3 is 9.47 Å². The largest absolute Gasteiger partial charge is 0.493 e. The highest BCUT2D eigenvalue weighted by Gasteiger charge is 2.14. The third-order valence-corrected chi connectivity index (χ3v) is 3.90. The van der Waals surface area contributed by atoms with E-state index in [-0.39, 0.29) is 18.2 Å². The number of benzene rings is 2. The second kappa shape index (κ2) is 9.46. The summed E-state index contributed by atoms with van der Waals surface area (Å²) in [5.74, 6) is 0.397. The first-order valence-corrected chi connectivity index (χ1v) is 8.50. The van der Waals surface area contributed by atoms with E-state index in [1.165, 1.54) is 7.11 Å². The number of methoxy groups -OCH3 is 1. The number of hydrogen-bond donors (Lipinski definition) is 2. The van der Waals surface area contributed by atoms with Gasteiger partial charge in [0.2, 0.25) is 5.91 Å². The molecule has 0 aliphatic heterocycles. The van der Waals surface area contributed by atoms with Gasteiger partial charge in [0.05, 0.1) is 13.7 Å². The van der Waals surface area contributed by atoms with Crippen LogP contribution in [0, 0.1) is 0 Å². The van der Waals surface area contributed by atoms with Crippen molar-refractivity contribution in [3.05, 3.63) is 59.7 Å². The van der Waals surface area contributed by atoms with E-state index >= 15 is 0 Å². The Morgan fingerprint density at radius 1 is 1.04 bits per heavy atom. The Bertz CT molecular complexity index is 747. The van der Waals surface area contributed by atoms with Crippen LogP contribution in [0.3, 0.4) is 0 Å². The third-order valence-electron chi connectivity index (χ3n) is 3.90. The first-order valence-electron chi connectivity index (χ1n) is 8.50. The van der Waals surface area contributed by atoms with Crippen molar-refractivity contribution >= 4 is 11.8 Å². The Hall–Kier alpha value is -3.02. The second-order valence-electron chi connectivity index (χ2n) is 5.82. The molecule has 0 fully saturated rings. The number of rotatable bonds is 7. The summed E-state index contributed by atoms with van der Waals surface area (Å²) in [5.41, 5.74) is 6.31. The fourth-order valence-electron chi connectivity index (χ4n) is 2.51. The van der Waals surface area contributed by atoms with Crippen LogP contribution in [-0.4, -0.2) is 25.5 Å². The molecule has 2 aromatic carbocycles. The molecule has 1 atom stereocenters. The van der Waals surface area contributed by atoms with Crippen LogP contribution in [0.4, 0.5) is 0 Å².